The van der Waals surface area contributed by atoms with Gasteiger partial charge in [0.05, 0.1) is 5.56 Å². The fraction of sp³-hybridized carbons (Fsp3) is 0.750. The van der Waals surface area contributed by atoms with Crippen LogP contribution in [-0.4, -0.2) is 83.7 Å². The van der Waals surface area contributed by atoms with Gasteiger partial charge < -0.3 is 20.2 Å². The van der Waals surface area contributed by atoms with Crippen LogP contribution in [0.25, 0.3) is 0 Å². The van der Waals surface area contributed by atoms with E-state index in [0.29, 0.717) is 44.8 Å². The number of carbonyl (C=O) groups excluding carboxylic acids is 1. The maximum Gasteiger partial charge on any atom is 0.416 e. The number of rotatable bonds is 14. The third kappa shape index (κ3) is 10.0. The van der Waals surface area contributed by atoms with Gasteiger partial charge in [0.2, 0.25) is 0 Å². The van der Waals surface area contributed by atoms with Gasteiger partial charge in [-0.05, 0) is 94.8 Å². The number of likely N-dealkylation sites (tertiary alicyclic amines) is 1. The number of carboxylic acid groups (broad SMARTS) is 1. The van der Waals surface area contributed by atoms with Crippen molar-refractivity contribution >= 4 is 12.0 Å². The molecule has 1 aliphatic heterocycles. The number of benzene rings is 1. The summed E-state index contributed by atoms with van der Waals surface area (Å²) in [6.07, 6.45) is 2.85. The molecular formula is C32H49F5N4O3. The molecule has 44 heavy (non-hydrogen) atoms. The van der Waals surface area contributed by atoms with Crippen molar-refractivity contribution in [3.05, 3.63) is 34.9 Å². The summed E-state index contributed by atoms with van der Waals surface area (Å²) in [5, 5.41) is 12.6. The smallest absolute Gasteiger partial charge is 0.416 e. The lowest BCUT2D eigenvalue weighted by molar-refractivity contribution is -0.145. The van der Waals surface area contributed by atoms with Gasteiger partial charge in [-0.2, -0.15) is 13.2 Å². The Morgan fingerprint density at radius 2 is 1.70 bits per heavy atom. The molecule has 1 aromatic rings. The van der Waals surface area contributed by atoms with Crippen molar-refractivity contribution in [2.24, 2.45) is 11.8 Å². The minimum Gasteiger partial charge on any atom is -0.480 e. The van der Waals surface area contributed by atoms with Crippen molar-refractivity contribution < 1.29 is 36.6 Å². The van der Waals surface area contributed by atoms with Gasteiger partial charge in [-0.1, -0.05) is 26.2 Å². The van der Waals surface area contributed by atoms with Crippen LogP contribution in [0, 0.1) is 11.8 Å². The van der Waals surface area contributed by atoms with E-state index in [-0.39, 0.29) is 24.1 Å². The Balaban J connectivity index is 1.53. The quantitative estimate of drug-likeness (QED) is 0.221. The lowest BCUT2D eigenvalue weighted by Gasteiger charge is -2.34. The van der Waals surface area contributed by atoms with Crippen LogP contribution >= 0.6 is 0 Å². The number of carboxylic acids is 1. The van der Waals surface area contributed by atoms with E-state index in [2.05, 4.69) is 15.1 Å². The fourth-order valence-electron chi connectivity index (χ4n) is 6.91. The Kier molecular flexibility index (Phi) is 12.8. The number of aliphatic carboxylic acids is 1. The van der Waals surface area contributed by atoms with Crippen molar-refractivity contribution in [2.45, 2.75) is 103 Å². The number of hydrogen-bond donors (Lipinski definition) is 2. The molecular weight excluding hydrogens is 583 g/mol. The second-order valence-corrected chi connectivity index (χ2v) is 12.7. The number of alkyl halides is 5. The number of hydrogen-bond acceptors (Lipinski definition) is 4. The van der Waals surface area contributed by atoms with E-state index in [1.165, 1.54) is 6.42 Å². The SMILES string of the molecule is CCC(CCN(C)CC1CCN(C(C(=O)O)C2CCCCC2)C1)N(CC)C(=O)NCc1cc(C(C)(F)F)cc(C(F)(F)F)c1. The highest BCUT2D eigenvalue weighted by atomic mass is 19.4. The minimum atomic E-state index is -4.79. The number of nitrogens with one attached hydrogen (secondary N) is 1. The number of halogens is 5. The van der Waals surface area contributed by atoms with E-state index >= 15 is 0 Å². The normalized spacial score (nSPS) is 20.1. The van der Waals surface area contributed by atoms with Crippen LogP contribution in [0.3, 0.4) is 0 Å². The molecule has 250 valence electrons. The van der Waals surface area contributed by atoms with Gasteiger partial charge in [0.15, 0.2) is 0 Å². The molecule has 7 nitrogen and oxygen atoms in total. The zero-order valence-electron chi connectivity index (χ0n) is 26.4. The van der Waals surface area contributed by atoms with Crippen LogP contribution in [0.5, 0.6) is 0 Å². The Labute approximate surface area is 258 Å². The lowest BCUT2D eigenvalue weighted by atomic mass is 9.83. The third-order valence-electron chi connectivity index (χ3n) is 9.26. The van der Waals surface area contributed by atoms with Crippen LogP contribution in [0.15, 0.2) is 18.2 Å². The predicted octanol–water partition coefficient (Wildman–Crippen LogP) is 6.80. The monoisotopic (exact) mass is 632 g/mol. The van der Waals surface area contributed by atoms with Crippen LogP contribution in [-0.2, 0) is 23.4 Å². The molecule has 1 heterocycles. The van der Waals surface area contributed by atoms with E-state index in [4.69, 9.17) is 0 Å². The largest absolute Gasteiger partial charge is 0.480 e. The van der Waals surface area contributed by atoms with Crippen molar-refractivity contribution in [3.8, 4) is 0 Å². The van der Waals surface area contributed by atoms with Gasteiger partial charge in [0.1, 0.15) is 6.04 Å². The highest BCUT2D eigenvalue weighted by Crippen LogP contribution is 2.36. The Hall–Kier alpha value is -2.47. The summed E-state index contributed by atoms with van der Waals surface area (Å²) in [6.45, 7) is 7.49. The standard InChI is InChI=1S/C32H49F5N4O3/c1-5-27(13-14-39(4)20-22-12-15-40(21-22)28(29(42)43)24-10-8-7-9-11-24)41(6-2)30(44)38-19-23-16-25(31(3,33)34)18-26(17-23)32(35,36)37/h16-18,22,24,27-28H,5-15,19-21H2,1-4H3,(H,38,44)(H,42,43). The summed E-state index contributed by atoms with van der Waals surface area (Å²) in [7, 11) is 2.02. The molecule has 1 saturated heterocycles. The fourth-order valence-corrected chi connectivity index (χ4v) is 6.91. The Morgan fingerprint density at radius 3 is 2.27 bits per heavy atom. The molecule has 2 amide bonds. The van der Waals surface area contributed by atoms with Crippen molar-refractivity contribution in [2.75, 3.05) is 39.8 Å². The predicted molar refractivity (Wildman–Crippen MR) is 159 cm³/mol. The van der Waals surface area contributed by atoms with Gasteiger partial charge in [-0.15, -0.1) is 0 Å². The van der Waals surface area contributed by atoms with E-state index in [1.54, 1.807) is 4.90 Å². The van der Waals surface area contributed by atoms with Crippen molar-refractivity contribution in [3.63, 3.8) is 0 Å². The highest BCUT2D eigenvalue weighted by molar-refractivity contribution is 5.74. The molecule has 0 radical (unpaired) electrons. The van der Waals surface area contributed by atoms with Gasteiger partial charge in [-0.25, -0.2) is 13.6 Å². The maximum absolute atomic E-state index is 13.9. The molecule has 1 aliphatic carbocycles. The molecule has 2 aliphatic rings. The number of amides is 2. The highest BCUT2D eigenvalue weighted by Gasteiger charge is 2.38. The first-order valence-corrected chi connectivity index (χ1v) is 15.9. The summed E-state index contributed by atoms with van der Waals surface area (Å²) in [5.74, 6) is -3.59. The number of urea groups is 1. The van der Waals surface area contributed by atoms with Crippen molar-refractivity contribution in [1.29, 1.82) is 0 Å². The molecule has 3 unspecified atom stereocenters. The first-order chi connectivity index (χ1) is 20.6. The summed E-state index contributed by atoms with van der Waals surface area (Å²) in [5.41, 5.74) is -1.98. The molecule has 1 saturated carbocycles. The molecule has 3 atom stereocenters. The third-order valence-corrected chi connectivity index (χ3v) is 9.26. The van der Waals surface area contributed by atoms with E-state index < -0.39 is 41.3 Å². The first kappa shape index (κ1) is 36.0. The summed E-state index contributed by atoms with van der Waals surface area (Å²) in [6, 6.07) is 1.23. The van der Waals surface area contributed by atoms with Gasteiger partial charge in [0, 0.05) is 44.7 Å². The second kappa shape index (κ2) is 15.7. The molecule has 0 spiro atoms. The first-order valence-electron chi connectivity index (χ1n) is 15.9. The van der Waals surface area contributed by atoms with Crippen LogP contribution < -0.4 is 5.32 Å². The van der Waals surface area contributed by atoms with Crippen LogP contribution in [0.2, 0.25) is 0 Å². The molecule has 0 bridgehead atoms. The van der Waals surface area contributed by atoms with Gasteiger partial charge in [-0.3, -0.25) is 9.69 Å². The summed E-state index contributed by atoms with van der Waals surface area (Å²) >= 11 is 0. The topological polar surface area (TPSA) is 76.1 Å². The average Bonchev–Trinajstić information content (AvgIpc) is 3.40. The van der Waals surface area contributed by atoms with Crippen LogP contribution in [0.4, 0.5) is 26.7 Å². The zero-order chi connectivity index (χ0) is 32.7. The van der Waals surface area contributed by atoms with Gasteiger partial charge >= 0.3 is 18.2 Å². The summed E-state index contributed by atoms with van der Waals surface area (Å²) in [4.78, 5) is 31.2. The lowest BCUT2D eigenvalue weighted by Crippen LogP contribution is -2.47. The number of nitrogens with zero attached hydrogens (tertiary/aromatic N) is 3. The Morgan fingerprint density at radius 1 is 1.05 bits per heavy atom. The molecule has 2 fully saturated rings. The van der Waals surface area contributed by atoms with Crippen molar-refractivity contribution in [1.82, 2.24) is 20.0 Å². The number of carbonyl (C=O) groups is 2. The molecule has 3 rings (SSSR count). The average molecular weight is 633 g/mol. The zero-order valence-corrected chi connectivity index (χ0v) is 26.4. The maximum atomic E-state index is 13.9. The van der Waals surface area contributed by atoms with E-state index in [0.717, 1.165) is 63.9 Å². The van der Waals surface area contributed by atoms with E-state index in [1.807, 2.05) is 20.9 Å². The van der Waals surface area contributed by atoms with E-state index in [9.17, 15) is 36.6 Å². The summed E-state index contributed by atoms with van der Waals surface area (Å²) < 4.78 is 67.8. The van der Waals surface area contributed by atoms with Gasteiger partial charge in [0.25, 0.3) is 5.92 Å². The molecule has 12 heteroatoms. The molecule has 0 aromatic heterocycles. The molecule has 2 N–H and O–H groups in total. The molecule has 1 aromatic carbocycles. The minimum absolute atomic E-state index is 0.0484. The Bertz CT molecular complexity index is 1060. The second-order valence-electron chi connectivity index (χ2n) is 12.7. The van der Waals surface area contributed by atoms with Crippen LogP contribution in [0.1, 0.15) is 88.8 Å².